The van der Waals surface area contributed by atoms with Gasteiger partial charge < -0.3 is 20.9 Å². The molecule has 1 aromatic heterocycles. The summed E-state index contributed by atoms with van der Waals surface area (Å²) in [5, 5.41) is 14.3. The van der Waals surface area contributed by atoms with E-state index in [9.17, 15) is 4.79 Å². The lowest BCUT2D eigenvalue weighted by molar-refractivity contribution is -0.138. The molecular weight excluding hydrogens is 242 g/mol. The van der Waals surface area contributed by atoms with E-state index in [2.05, 4.69) is 10.3 Å². The fourth-order valence-electron chi connectivity index (χ4n) is 1.61. The zero-order valence-electron chi connectivity index (χ0n) is 9.26. The first-order valence-corrected chi connectivity index (χ1v) is 6.30. The number of rotatable bonds is 5. The van der Waals surface area contributed by atoms with Gasteiger partial charge in [0.15, 0.2) is 5.13 Å². The Morgan fingerprint density at radius 1 is 1.82 bits per heavy atom. The minimum absolute atomic E-state index is 0.396. The molecule has 94 valence electrons. The maximum absolute atomic E-state index is 10.7. The molecule has 17 heavy (non-hydrogen) atoms. The molecule has 0 saturated carbocycles. The van der Waals surface area contributed by atoms with E-state index in [4.69, 9.17) is 15.6 Å². The summed E-state index contributed by atoms with van der Waals surface area (Å²) in [6.45, 7) is 2.40. The second-order valence-electron chi connectivity index (χ2n) is 4.00. The third kappa shape index (κ3) is 3.15. The Balaban J connectivity index is 1.87. The minimum atomic E-state index is -1.06. The molecule has 0 radical (unpaired) electrons. The molecule has 0 aliphatic carbocycles. The molecule has 2 heterocycles. The topological polar surface area (TPSA) is 97.5 Å². The molecule has 0 spiro atoms. The van der Waals surface area contributed by atoms with Crippen LogP contribution in [0.1, 0.15) is 18.2 Å². The number of carboxylic acids is 1. The summed E-state index contributed by atoms with van der Waals surface area (Å²) in [6, 6.07) is -1.04. The molecule has 4 N–H and O–H groups in total. The van der Waals surface area contributed by atoms with Crippen molar-refractivity contribution in [3.8, 4) is 0 Å². The number of nitrogens with one attached hydrogen (secondary N) is 1. The highest BCUT2D eigenvalue weighted by atomic mass is 32.1. The van der Waals surface area contributed by atoms with Crippen molar-refractivity contribution in [1.29, 1.82) is 0 Å². The standard InChI is InChI=1S/C10H15N3O3S/c11-8(9(14)15)7-5-17-10(13-7)12-3-6-1-2-16-4-6/h5-6,8H,1-4,11H2,(H,12,13)(H,14,15). The van der Waals surface area contributed by atoms with Gasteiger partial charge in [-0.2, -0.15) is 0 Å². The number of hydrogen-bond acceptors (Lipinski definition) is 6. The van der Waals surface area contributed by atoms with Crippen molar-refractivity contribution in [3.63, 3.8) is 0 Å². The molecule has 2 rings (SSSR count). The number of anilines is 1. The molecule has 2 atom stereocenters. The van der Waals surface area contributed by atoms with E-state index in [1.54, 1.807) is 5.38 Å². The lowest BCUT2D eigenvalue weighted by Crippen LogP contribution is -2.21. The number of nitrogens with zero attached hydrogens (tertiary/aromatic N) is 1. The first kappa shape index (κ1) is 12.3. The molecule has 7 heteroatoms. The van der Waals surface area contributed by atoms with Crippen molar-refractivity contribution < 1.29 is 14.6 Å². The summed E-state index contributed by atoms with van der Waals surface area (Å²) >= 11 is 1.37. The molecule has 0 amide bonds. The number of carboxylic acid groups (broad SMARTS) is 1. The smallest absolute Gasteiger partial charge is 0.326 e. The van der Waals surface area contributed by atoms with Crippen LogP contribution in [0.25, 0.3) is 0 Å². The number of hydrogen-bond donors (Lipinski definition) is 3. The molecule has 1 fully saturated rings. The molecule has 0 aromatic carbocycles. The normalized spacial score (nSPS) is 21.4. The Morgan fingerprint density at radius 2 is 2.65 bits per heavy atom. The van der Waals surface area contributed by atoms with E-state index in [0.29, 0.717) is 16.7 Å². The van der Waals surface area contributed by atoms with Crippen LogP contribution in [0.5, 0.6) is 0 Å². The van der Waals surface area contributed by atoms with Gasteiger partial charge in [0, 0.05) is 24.4 Å². The first-order valence-electron chi connectivity index (χ1n) is 5.42. The number of carbonyl (C=O) groups is 1. The fourth-order valence-corrected chi connectivity index (χ4v) is 2.37. The van der Waals surface area contributed by atoms with Crippen molar-refractivity contribution in [2.24, 2.45) is 11.7 Å². The lowest BCUT2D eigenvalue weighted by Gasteiger charge is -2.07. The summed E-state index contributed by atoms with van der Waals surface area (Å²) < 4.78 is 5.27. The predicted octanol–water partition coefficient (Wildman–Crippen LogP) is 0.676. The van der Waals surface area contributed by atoms with Crippen LogP contribution < -0.4 is 11.1 Å². The van der Waals surface area contributed by atoms with Gasteiger partial charge in [-0.15, -0.1) is 11.3 Å². The van der Waals surface area contributed by atoms with E-state index in [1.165, 1.54) is 11.3 Å². The average molecular weight is 257 g/mol. The van der Waals surface area contributed by atoms with E-state index >= 15 is 0 Å². The number of nitrogens with two attached hydrogens (primary N) is 1. The summed E-state index contributed by atoms with van der Waals surface area (Å²) in [7, 11) is 0. The monoisotopic (exact) mass is 257 g/mol. The van der Waals surface area contributed by atoms with Gasteiger partial charge in [0.2, 0.25) is 0 Å². The highest BCUT2D eigenvalue weighted by Gasteiger charge is 2.19. The van der Waals surface area contributed by atoms with Gasteiger partial charge in [0.1, 0.15) is 6.04 Å². The Hall–Kier alpha value is -1.18. The van der Waals surface area contributed by atoms with Gasteiger partial charge in [-0.05, 0) is 6.42 Å². The van der Waals surface area contributed by atoms with Gasteiger partial charge in [0.05, 0.1) is 12.3 Å². The number of aliphatic carboxylic acids is 1. The van der Waals surface area contributed by atoms with Crippen molar-refractivity contribution in [1.82, 2.24) is 4.98 Å². The van der Waals surface area contributed by atoms with Crippen LogP contribution in [-0.4, -0.2) is 35.8 Å². The Labute approximate surface area is 103 Å². The van der Waals surface area contributed by atoms with Crippen LogP contribution >= 0.6 is 11.3 Å². The van der Waals surface area contributed by atoms with Crippen molar-refractivity contribution in [2.75, 3.05) is 25.1 Å². The lowest BCUT2D eigenvalue weighted by atomic mass is 10.1. The van der Waals surface area contributed by atoms with Crippen molar-refractivity contribution in [2.45, 2.75) is 12.5 Å². The third-order valence-electron chi connectivity index (χ3n) is 2.67. The predicted molar refractivity (Wildman–Crippen MR) is 64.1 cm³/mol. The second-order valence-corrected chi connectivity index (χ2v) is 4.86. The van der Waals surface area contributed by atoms with Gasteiger partial charge >= 0.3 is 5.97 Å². The third-order valence-corrected chi connectivity index (χ3v) is 3.49. The Morgan fingerprint density at radius 3 is 3.29 bits per heavy atom. The quantitative estimate of drug-likeness (QED) is 0.717. The molecule has 2 unspecified atom stereocenters. The zero-order valence-corrected chi connectivity index (χ0v) is 10.1. The van der Waals surface area contributed by atoms with E-state index in [1.807, 2.05) is 0 Å². The highest BCUT2D eigenvalue weighted by Crippen LogP contribution is 2.21. The van der Waals surface area contributed by atoms with Crippen LogP contribution in [0.3, 0.4) is 0 Å². The Kier molecular flexibility index (Phi) is 3.93. The van der Waals surface area contributed by atoms with Crippen LogP contribution in [0.2, 0.25) is 0 Å². The fraction of sp³-hybridized carbons (Fsp3) is 0.600. The van der Waals surface area contributed by atoms with Gasteiger partial charge in [0.25, 0.3) is 0 Å². The summed E-state index contributed by atoms with van der Waals surface area (Å²) in [6.07, 6.45) is 1.06. The molecule has 1 aliphatic heterocycles. The molecule has 1 aromatic rings. The van der Waals surface area contributed by atoms with Crippen LogP contribution in [0.15, 0.2) is 5.38 Å². The summed E-state index contributed by atoms with van der Waals surface area (Å²) in [4.78, 5) is 14.8. The largest absolute Gasteiger partial charge is 0.480 e. The first-order chi connectivity index (χ1) is 8.16. The number of thiazole rings is 1. The molecule has 0 bridgehead atoms. The van der Waals surface area contributed by atoms with Crippen molar-refractivity contribution in [3.05, 3.63) is 11.1 Å². The van der Waals surface area contributed by atoms with Crippen molar-refractivity contribution >= 4 is 22.4 Å². The molecule has 1 aliphatic rings. The van der Waals surface area contributed by atoms with Gasteiger partial charge in [-0.25, -0.2) is 4.98 Å². The minimum Gasteiger partial charge on any atom is -0.480 e. The van der Waals surface area contributed by atoms with E-state index in [-0.39, 0.29) is 0 Å². The van der Waals surface area contributed by atoms with Crippen LogP contribution in [0, 0.1) is 5.92 Å². The highest BCUT2D eigenvalue weighted by molar-refractivity contribution is 7.13. The summed E-state index contributed by atoms with van der Waals surface area (Å²) in [5.41, 5.74) is 5.86. The molecular formula is C10H15N3O3S. The maximum Gasteiger partial charge on any atom is 0.326 e. The summed E-state index contributed by atoms with van der Waals surface area (Å²) in [5.74, 6) is -0.554. The average Bonchev–Trinajstić information content (AvgIpc) is 2.96. The number of aromatic nitrogens is 1. The van der Waals surface area contributed by atoms with Gasteiger partial charge in [-0.3, -0.25) is 4.79 Å². The van der Waals surface area contributed by atoms with Crippen LogP contribution in [-0.2, 0) is 9.53 Å². The maximum atomic E-state index is 10.7. The van der Waals surface area contributed by atoms with Crippen LogP contribution in [0.4, 0.5) is 5.13 Å². The van der Waals surface area contributed by atoms with Gasteiger partial charge in [-0.1, -0.05) is 0 Å². The zero-order chi connectivity index (χ0) is 12.3. The Bertz CT molecular complexity index is 390. The molecule has 6 nitrogen and oxygen atoms in total. The number of ether oxygens (including phenoxy) is 1. The molecule has 1 saturated heterocycles. The van der Waals surface area contributed by atoms with E-state index < -0.39 is 12.0 Å². The second kappa shape index (κ2) is 5.44. The van der Waals surface area contributed by atoms with E-state index in [0.717, 1.165) is 26.2 Å². The SMILES string of the molecule is NC(C(=O)O)c1csc(NCC2CCOC2)n1.